The van der Waals surface area contributed by atoms with Crippen LogP contribution in [0.5, 0.6) is 0 Å². The van der Waals surface area contributed by atoms with Gasteiger partial charge in [-0.3, -0.25) is 0 Å². The van der Waals surface area contributed by atoms with Crippen molar-refractivity contribution in [3.8, 4) is 0 Å². The summed E-state index contributed by atoms with van der Waals surface area (Å²) in [4.78, 5) is 12.7. The van der Waals surface area contributed by atoms with E-state index in [0.29, 0.717) is 23.2 Å². The number of benzene rings is 3. The summed E-state index contributed by atoms with van der Waals surface area (Å²) in [5.74, 6) is 1.51. The van der Waals surface area contributed by atoms with Crippen LogP contribution < -0.4 is 0 Å². The molecule has 2 unspecified atom stereocenters. The zero-order valence-electron chi connectivity index (χ0n) is 16.1. The van der Waals surface area contributed by atoms with Crippen LogP contribution >= 0.6 is 0 Å². The van der Waals surface area contributed by atoms with Crippen LogP contribution in [-0.2, 0) is 4.74 Å². The number of fused-ring (bicyclic) bond motifs is 5. The van der Waals surface area contributed by atoms with Crippen molar-refractivity contribution in [2.24, 2.45) is 5.92 Å². The molecule has 0 radical (unpaired) electrons. The van der Waals surface area contributed by atoms with Crippen molar-refractivity contribution in [1.82, 2.24) is 0 Å². The lowest BCUT2D eigenvalue weighted by atomic mass is 9.85. The Morgan fingerprint density at radius 1 is 0.929 bits per heavy atom. The number of carbonyl (C=O) groups excluding carboxylic acids is 1. The van der Waals surface area contributed by atoms with Gasteiger partial charge in [0.05, 0.1) is 5.56 Å². The molecule has 0 bridgehead atoms. The van der Waals surface area contributed by atoms with Gasteiger partial charge in [-0.25, -0.2) is 4.79 Å². The highest BCUT2D eigenvalue weighted by Gasteiger charge is 2.43. The fraction of sp³-hybridized carbons (Fsp3) is 0.192. The van der Waals surface area contributed by atoms with E-state index in [1.54, 1.807) is 12.1 Å². The topological polar surface area (TPSA) is 26.3 Å². The summed E-state index contributed by atoms with van der Waals surface area (Å²) >= 11 is 0. The van der Waals surface area contributed by atoms with Crippen molar-refractivity contribution in [3.63, 3.8) is 0 Å². The Bertz CT molecular complexity index is 1150. The zero-order valence-corrected chi connectivity index (χ0v) is 16.1. The third-order valence-corrected chi connectivity index (χ3v) is 5.76. The van der Waals surface area contributed by atoms with Gasteiger partial charge < -0.3 is 4.74 Å². The molecule has 0 heterocycles. The molecule has 3 aromatic carbocycles. The van der Waals surface area contributed by atoms with Gasteiger partial charge in [-0.05, 0) is 71.7 Å². The van der Waals surface area contributed by atoms with Gasteiger partial charge in [-0.1, -0.05) is 60.7 Å². The Kier molecular flexibility index (Phi) is 3.94. The van der Waals surface area contributed by atoms with Gasteiger partial charge in [-0.2, -0.15) is 0 Å². The molecule has 3 aromatic rings. The first-order chi connectivity index (χ1) is 13.6. The van der Waals surface area contributed by atoms with E-state index >= 15 is 0 Å². The van der Waals surface area contributed by atoms with Gasteiger partial charge in [0.2, 0.25) is 0 Å². The molecule has 0 aromatic heterocycles. The quantitative estimate of drug-likeness (QED) is 0.391. The van der Waals surface area contributed by atoms with Crippen LogP contribution in [0.15, 0.2) is 84.1 Å². The zero-order chi connectivity index (χ0) is 19.3. The molecule has 0 spiro atoms. The third kappa shape index (κ3) is 2.77. The summed E-state index contributed by atoms with van der Waals surface area (Å²) in [7, 11) is 0. The van der Waals surface area contributed by atoms with E-state index in [4.69, 9.17) is 4.74 Å². The Morgan fingerprint density at radius 2 is 1.68 bits per heavy atom. The molecule has 1 saturated carbocycles. The number of carbonyl (C=O) groups is 1. The molecule has 2 aliphatic rings. The average molecular weight is 366 g/mol. The number of allylic oxidation sites excluding steroid dienone is 3. The lowest BCUT2D eigenvalue weighted by molar-refractivity contribution is 0.0637. The van der Waals surface area contributed by atoms with E-state index in [-0.39, 0.29) is 5.97 Å². The van der Waals surface area contributed by atoms with Crippen molar-refractivity contribution < 1.29 is 9.53 Å². The first-order valence-electron chi connectivity index (χ1n) is 9.82. The Balaban J connectivity index is 1.60. The van der Waals surface area contributed by atoms with E-state index in [1.807, 2.05) is 32.0 Å². The van der Waals surface area contributed by atoms with Crippen LogP contribution in [0.3, 0.4) is 0 Å². The molecule has 2 aliphatic carbocycles. The lowest BCUT2D eigenvalue weighted by Gasteiger charge is -2.22. The van der Waals surface area contributed by atoms with Crippen LogP contribution in [0.4, 0.5) is 0 Å². The van der Waals surface area contributed by atoms with E-state index in [2.05, 4.69) is 42.5 Å². The Hall–Kier alpha value is -3.13. The minimum Gasteiger partial charge on any atom is -0.422 e. The summed E-state index contributed by atoms with van der Waals surface area (Å²) in [6.45, 7) is 4.02. The first kappa shape index (κ1) is 17.0. The smallest absolute Gasteiger partial charge is 0.343 e. The molecule has 138 valence electrons. The molecule has 2 atom stereocenters. The monoisotopic (exact) mass is 366 g/mol. The highest BCUT2D eigenvalue weighted by molar-refractivity contribution is 5.97. The Labute approximate surface area is 165 Å². The number of rotatable bonds is 3. The standard InChI is InChI=1S/C26H22O2/c1-16(2)25(28-26(27)18-9-4-3-5-10-18)23-15-19-14-22(19)24-20-11-7-6-8-17(20)12-13-21(23)24/h3-13,15,19,22H,14H2,1-2H3. The highest BCUT2D eigenvalue weighted by atomic mass is 16.5. The van der Waals surface area contributed by atoms with E-state index in [0.717, 1.165) is 11.1 Å². The maximum Gasteiger partial charge on any atom is 0.343 e. The number of esters is 1. The van der Waals surface area contributed by atoms with Crippen LogP contribution in [0.1, 0.15) is 47.7 Å². The normalized spacial score (nSPS) is 19.3. The maximum absolute atomic E-state index is 12.7. The number of hydrogen-bond donors (Lipinski definition) is 0. The molecule has 1 fully saturated rings. The van der Waals surface area contributed by atoms with Gasteiger partial charge in [0.1, 0.15) is 5.76 Å². The van der Waals surface area contributed by atoms with Gasteiger partial charge >= 0.3 is 5.97 Å². The van der Waals surface area contributed by atoms with Crippen LogP contribution in [-0.4, -0.2) is 5.97 Å². The van der Waals surface area contributed by atoms with Crippen molar-refractivity contribution in [3.05, 3.63) is 101 Å². The van der Waals surface area contributed by atoms with Crippen molar-refractivity contribution in [2.75, 3.05) is 0 Å². The second-order valence-electron chi connectivity index (χ2n) is 7.92. The molecule has 5 rings (SSSR count). The summed E-state index contributed by atoms with van der Waals surface area (Å²) in [5.41, 5.74) is 5.25. The van der Waals surface area contributed by atoms with Crippen LogP contribution in [0.2, 0.25) is 0 Å². The molecule has 2 heteroatoms. The van der Waals surface area contributed by atoms with Gasteiger partial charge in [-0.15, -0.1) is 0 Å². The minimum atomic E-state index is -0.307. The predicted molar refractivity (Wildman–Crippen MR) is 113 cm³/mol. The predicted octanol–water partition coefficient (Wildman–Crippen LogP) is 6.49. The molecule has 0 aliphatic heterocycles. The number of hydrogen-bond acceptors (Lipinski definition) is 2. The van der Waals surface area contributed by atoms with E-state index in [9.17, 15) is 4.79 Å². The summed E-state index contributed by atoms with van der Waals surface area (Å²) in [6.07, 6.45) is 3.48. The second kappa shape index (κ2) is 6.49. The fourth-order valence-corrected chi connectivity index (χ4v) is 4.31. The highest BCUT2D eigenvalue weighted by Crippen LogP contribution is 2.57. The van der Waals surface area contributed by atoms with E-state index in [1.165, 1.54) is 28.3 Å². The maximum atomic E-state index is 12.7. The first-order valence-corrected chi connectivity index (χ1v) is 9.82. The van der Waals surface area contributed by atoms with Crippen molar-refractivity contribution in [2.45, 2.75) is 26.2 Å². The van der Waals surface area contributed by atoms with Gasteiger partial charge in [0.15, 0.2) is 0 Å². The van der Waals surface area contributed by atoms with Gasteiger partial charge in [0, 0.05) is 5.57 Å². The Morgan fingerprint density at radius 3 is 2.46 bits per heavy atom. The van der Waals surface area contributed by atoms with Crippen LogP contribution in [0.25, 0.3) is 16.3 Å². The SMILES string of the molecule is CC(C)=C(OC(=O)c1ccccc1)C1=CC2CC2c2c1ccc1ccccc21. The molecule has 28 heavy (non-hydrogen) atoms. The summed E-state index contributed by atoms with van der Waals surface area (Å²) < 4.78 is 5.95. The second-order valence-corrected chi connectivity index (χ2v) is 7.92. The summed E-state index contributed by atoms with van der Waals surface area (Å²) in [6, 6.07) is 22.1. The third-order valence-electron chi connectivity index (χ3n) is 5.76. The molecule has 2 nitrogen and oxygen atoms in total. The van der Waals surface area contributed by atoms with Crippen molar-refractivity contribution >= 4 is 22.3 Å². The van der Waals surface area contributed by atoms with Gasteiger partial charge in [0.25, 0.3) is 0 Å². The molecule has 0 saturated heterocycles. The number of ether oxygens (including phenoxy) is 1. The average Bonchev–Trinajstić information content (AvgIpc) is 3.51. The molecule has 0 amide bonds. The molecular formula is C26H22O2. The van der Waals surface area contributed by atoms with Crippen molar-refractivity contribution in [1.29, 1.82) is 0 Å². The fourth-order valence-electron chi connectivity index (χ4n) is 4.31. The molecule has 0 N–H and O–H groups in total. The molecular weight excluding hydrogens is 344 g/mol. The minimum absolute atomic E-state index is 0.307. The van der Waals surface area contributed by atoms with E-state index < -0.39 is 0 Å². The van der Waals surface area contributed by atoms with Crippen LogP contribution in [0, 0.1) is 5.92 Å². The lowest BCUT2D eigenvalue weighted by Crippen LogP contribution is -2.10. The summed E-state index contributed by atoms with van der Waals surface area (Å²) in [5, 5.41) is 2.59. The largest absolute Gasteiger partial charge is 0.422 e.